The summed E-state index contributed by atoms with van der Waals surface area (Å²) in [5.41, 5.74) is 1.66. The van der Waals surface area contributed by atoms with E-state index in [-0.39, 0.29) is 5.91 Å². The molecule has 27 heavy (non-hydrogen) atoms. The Morgan fingerprint density at radius 2 is 1.74 bits per heavy atom. The van der Waals surface area contributed by atoms with Gasteiger partial charge in [-0.1, -0.05) is 30.3 Å². The number of methoxy groups -OCH3 is 1. The molecular weight excluding hydrogens is 362 g/mol. The SMILES string of the molecule is COc1ccc(/C=C2\SC(=Nn3cnnc3)N(c3ccccc3)C2=O)cc1. The topological polar surface area (TPSA) is 72.6 Å². The van der Waals surface area contributed by atoms with Crippen molar-refractivity contribution < 1.29 is 9.53 Å². The molecule has 0 N–H and O–H groups in total. The van der Waals surface area contributed by atoms with Gasteiger partial charge in [-0.2, -0.15) is 0 Å². The van der Waals surface area contributed by atoms with Crippen LogP contribution in [0.3, 0.4) is 0 Å². The van der Waals surface area contributed by atoms with Gasteiger partial charge in [-0.15, -0.1) is 15.3 Å². The fourth-order valence-corrected chi connectivity index (χ4v) is 3.53. The summed E-state index contributed by atoms with van der Waals surface area (Å²) in [5, 5.41) is 12.5. The minimum atomic E-state index is -0.131. The molecule has 0 unspecified atom stereocenters. The highest BCUT2D eigenvalue weighted by atomic mass is 32.2. The summed E-state index contributed by atoms with van der Waals surface area (Å²) in [6, 6.07) is 16.9. The van der Waals surface area contributed by atoms with Gasteiger partial charge in [0.25, 0.3) is 5.91 Å². The van der Waals surface area contributed by atoms with Crippen molar-refractivity contribution in [3.8, 4) is 5.75 Å². The highest BCUT2D eigenvalue weighted by Crippen LogP contribution is 2.36. The van der Waals surface area contributed by atoms with E-state index in [2.05, 4.69) is 15.3 Å². The molecule has 2 aromatic carbocycles. The van der Waals surface area contributed by atoms with Crippen LogP contribution in [0.4, 0.5) is 5.69 Å². The number of ether oxygens (including phenoxy) is 1. The van der Waals surface area contributed by atoms with E-state index in [1.165, 1.54) is 29.1 Å². The number of benzene rings is 2. The van der Waals surface area contributed by atoms with E-state index in [9.17, 15) is 4.79 Å². The molecule has 2 heterocycles. The minimum Gasteiger partial charge on any atom is -0.497 e. The van der Waals surface area contributed by atoms with Crippen LogP contribution in [0.15, 0.2) is 77.3 Å². The van der Waals surface area contributed by atoms with Crippen LogP contribution < -0.4 is 9.64 Å². The number of carbonyl (C=O) groups is 1. The fourth-order valence-electron chi connectivity index (χ4n) is 2.54. The molecule has 0 radical (unpaired) electrons. The summed E-state index contributed by atoms with van der Waals surface area (Å²) in [7, 11) is 1.62. The summed E-state index contributed by atoms with van der Waals surface area (Å²) >= 11 is 1.30. The number of anilines is 1. The standard InChI is InChI=1S/C19H15N5O2S/c1-26-16-9-7-14(8-10-16)11-17-18(25)24(15-5-3-2-4-6-15)19(27-17)22-23-12-20-21-13-23/h2-13H,1H3/b17-11-,22-19?. The molecule has 1 fully saturated rings. The Kier molecular flexibility index (Phi) is 4.71. The summed E-state index contributed by atoms with van der Waals surface area (Å²) < 4.78 is 6.65. The molecule has 8 heteroatoms. The van der Waals surface area contributed by atoms with Crippen molar-refractivity contribution >= 4 is 34.6 Å². The van der Waals surface area contributed by atoms with Gasteiger partial charge >= 0.3 is 0 Å². The van der Waals surface area contributed by atoms with Crippen molar-refractivity contribution in [3.05, 3.63) is 77.7 Å². The summed E-state index contributed by atoms with van der Waals surface area (Å²) in [5.74, 6) is 0.636. The van der Waals surface area contributed by atoms with E-state index in [4.69, 9.17) is 4.74 Å². The normalized spacial score (nSPS) is 17.1. The molecule has 1 saturated heterocycles. The Hall–Kier alpha value is -3.39. The lowest BCUT2D eigenvalue weighted by atomic mass is 10.2. The van der Waals surface area contributed by atoms with Gasteiger partial charge < -0.3 is 4.74 Å². The molecule has 0 bridgehead atoms. The monoisotopic (exact) mass is 377 g/mol. The number of thioether (sulfide) groups is 1. The molecule has 134 valence electrons. The van der Waals surface area contributed by atoms with E-state index >= 15 is 0 Å². The quantitative estimate of drug-likeness (QED) is 0.653. The first kappa shape index (κ1) is 17.0. The van der Waals surface area contributed by atoms with Crippen LogP contribution in [-0.2, 0) is 4.79 Å². The first-order valence-corrected chi connectivity index (χ1v) is 8.93. The van der Waals surface area contributed by atoms with Crippen molar-refractivity contribution in [2.75, 3.05) is 12.0 Å². The molecule has 0 aliphatic carbocycles. The third-order valence-corrected chi connectivity index (χ3v) is 4.80. The van der Waals surface area contributed by atoms with Crippen LogP contribution >= 0.6 is 11.8 Å². The maximum absolute atomic E-state index is 13.1. The van der Waals surface area contributed by atoms with Crippen molar-refractivity contribution in [3.63, 3.8) is 0 Å². The molecule has 4 rings (SSSR count). The average molecular weight is 377 g/mol. The van der Waals surface area contributed by atoms with E-state index in [0.29, 0.717) is 10.1 Å². The first-order chi connectivity index (χ1) is 13.2. The van der Waals surface area contributed by atoms with E-state index < -0.39 is 0 Å². The Balaban J connectivity index is 1.72. The third kappa shape index (κ3) is 3.61. The van der Waals surface area contributed by atoms with Crippen molar-refractivity contribution in [1.82, 2.24) is 14.9 Å². The molecule has 1 aliphatic rings. The number of para-hydroxylation sites is 1. The van der Waals surface area contributed by atoms with Crippen LogP contribution in [0.25, 0.3) is 6.08 Å². The lowest BCUT2D eigenvalue weighted by molar-refractivity contribution is -0.113. The number of nitrogens with zero attached hydrogens (tertiary/aromatic N) is 5. The zero-order chi connectivity index (χ0) is 18.6. The van der Waals surface area contributed by atoms with E-state index in [0.717, 1.165) is 17.0 Å². The number of rotatable bonds is 4. The van der Waals surface area contributed by atoms with Crippen LogP contribution in [0, 0.1) is 0 Å². The van der Waals surface area contributed by atoms with Crippen LogP contribution in [0.5, 0.6) is 5.75 Å². The molecule has 1 aromatic heterocycles. The van der Waals surface area contributed by atoms with E-state index in [1.807, 2.05) is 60.7 Å². The number of amidine groups is 1. The van der Waals surface area contributed by atoms with Gasteiger partial charge in [0.15, 0.2) is 0 Å². The van der Waals surface area contributed by atoms with Gasteiger partial charge in [0.2, 0.25) is 5.17 Å². The lowest BCUT2D eigenvalue weighted by Gasteiger charge is -2.15. The summed E-state index contributed by atoms with van der Waals surface area (Å²) in [6.07, 6.45) is 4.80. The third-order valence-electron chi connectivity index (χ3n) is 3.84. The molecule has 1 amide bonds. The fraction of sp³-hybridized carbons (Fsp3) is 0.0526. The predicted octanol–water partition coefficient (Wildman–Crippen LogP) is 3.23. The van der Waals surface area contributed by atoms with Gasteiger partial charge in [0, 0.05) is 0 Å². The summed E-state index contributed by atoms with van der Waals surface area (Å²) in [6.45, 7) is 0. The molecule has 0 saturated carbocycles. The van der Waals surface area contributed by atoms with E-state index in [1.54, 1.807) is 12.0 Å². The molecule has 1 aliphatic heterocycles. The highest BCUT2D eigenvalue weighted by molar-refractivity contribution is 8.19. The van der Waals surface area contributed by atoms with Gasteiger partial charge in [-0.25, -0.2) is 4.68 Å². The Morgan fingerprint density at radius 1 is 1.04 bits per heavy atom. The van der Waals surface area contributed by atoms with Crippen LogP contribution in [-0.4, -0.2) is 33.1 Å². The zero-order valence-corrected chi connectivity index (χ0v) is 15.2. The van der Waals surface area contributed by atoms with Gasteiger partial charge in [0.1, 0.15) is 18.4 Å². The number of hydrogen-bond donors (Lipinski definition) is 0. The van der Waals surface area contributed by atoms with Crippen LogP contribution in [0.2, 0.25) is 0 Å². The number of hydrogen-bond acceptors (Lipinski definition) is 6. The molecule has 0 atom stereocenters. The second-order valence-electron chi connectivity index (χ2n) is 5.58. The lowest BCUT2D eigenvalue weighted by Crippen LogP contribution is -2.29. The van der Waals surface area contributed by atoms with Crippen molar-refractivity contribution in [2.24, 2.45) is 5.10 Å². The number of carbonyl (C=O) groups excluding carboxylic acids is 1. The van der Waals surface area contributed by atoms with Gasteiger partial charge in [0.05, 0.1) is 17.7 Å². The number of aromatic nitrogens is 3. The maximum Gasteiger partial charge on any atom is 0.271 e. The molecule has 7 nitrogen and oxygen atoms in total. The molecular formula is C19H15N5O2S. The Morgan fingerprint density at radius 3 is 2.41 bits per heavy atom. The minimum absolute atomic E-state index is 0.131. The van der Waals surface area contributed by atoms with Gasteiger partial charge in [-0.05, 0) is 47.7 Å². The van der Waals surface area contributed by atoms with Crippen molar-refractivity contribution in [1.29, 1.82) is 0 Å². The predicted molar refractivity (Wildman–Crippen MR) is 105 cm³/mol. The zero-order valence-electron chi connectivity index (χ0n) is 14.4. The Labute approximate surface area is 160 Å². The largest absolute Gasteiger partial charge is 0.497 e. The highest BCUT2D eigenvalue weighted by Gasteiger charge is 2.35. The molecule has 3 aromatic rings. The second kappa shape index (κ2) is 7.46. The Bertz CT molecular complexity index is 998. The summed E-state index contributed by atoms with van der Waals surface area (Å²) in [4.78, 5) is 15.2. The number of amides is 1. The first-order valence-electron chi connectivity index (χ1n) is 8.11. The maximum atomic E-state index is 13.1. The average Bonchev–Trinajstić information content (AvgIpc) is 3.32. The second-order valence-corrected chi connectivity index (χ2v) is 6.59. The van der Waals surface area contributed by atoms with Gasteiger partial charge in [-0.3, -0.25) is 9.69 Å². The smallest absolute Gasteiger partial charge is 0.271 e. The molecule has 0 spiro atoms. The van der Waals surface area contributed by atoms with Crippen molar-refractivity contribution in [2.45, 2.75) is 0 Å². The van der Waals surface area contributed by atoms with Crippen LogP contribution in [0.1, 0.15) is 5.56 Å².